The first kappa shape index (κ1) is 10.6. The number of rotatable bonds is 4. The summed E-state index contributed by atoms with van der Waals surface area (Å²) in [5.74, 6) is 0.673. The SMILES string of the molecule is CC(CO)SCC(Cl)=CCl. The van der Waals surface area contributed by atoms with Crippen molar-refractivity contribution in [2.45, 2.75) is 12.2 Å². The van der Waals surface area contributed by atoms with Gasteiger partial charge in [0.25, 0.3) is 0 Å². The van der Waals surface area contributed by atoms with Crippen LogP contribution in [0.4, 0.5) is 0 Å². The maximum Gasteiger partial charge on any atom is 0.0547 e. The fourth-order valence-corrected chi connectivity index (χ4v) is 1.30. The molecule has 0 aromatic heterocycles. The molecule has 1 atom stereocenters. The Hall–Kier alpha value is 0.630. The lowest BCUT2D eigenvalue weighted by atomic mass is 10.5. The van der Waals surface area contributed by atoms with Crippen molar-refractivity contribution in [3.63, 3.8) is 0 Å². The molecule has 0 aliphatic rings. The van der Waals surface area contributed by atoms with Crippen LogP contribution in [0.1, 0.15) is 6.92 Å². The molecular formula is C6H10Cl2OS. The van der Waals surface area contributed by atoms with E-state index in [0.29, 0.717) is 10.8 Å². The topological polar surface area (TPSA) is 20.2 Å². The first-order valence-electron chi connectivity index (χ1n) is 2.88. The maximum atomic E-state index is 8.60. The van der Waals surface area contributed by atoms with Crippen molar-refractivity contribution >= 4 is 35.0 Å². The van der Waals surface area contributed by atoms with Crippen LogP contribution in [0, 0.1) is 0 Å². The van der Waals surface area contributed by atoms with Crippen LogP contribution < -0.4 is 0 Å². The predicted octanol–water partition coefficient (Wildman–Crippen LogP) is 2.42. The van der Waals surface area contributed by atoms with E-state index in [4.69, 9.17) is 28.3 Å². The zero-order chi connectivity index (χ0) is 7.98. The summed E-state index contributed by atoms with van der Waals surface area (Å²) in [5, 5.41) is 9.45. The van der Waals surface area contributed by atoms with E-state index >= 15 is 0 Å². The lowest BCUT2D eigenvalue weighted by molar-refractivity contribution is 0.300. The average Bonchev–Trinajstić information content (AvgIpc) is 1.99. The zero-order valence-electron chi connectivity index (χ0n) is 5.68. The van der Waals surface area contributed by atoms with Gasteiger partial charge >= 0.3 is 0 Å². The minimum absolute atomic E-state index is 0.178. The normalized spacial score (nSPS) is 15.4. The summed E-state index contributed by atoms with van der Waals surface area (Å²) < 4.78 is 0. The third-order valence-electron chi connectivity index (χ3n) is 0.881. The van der Waals surface area contributed by atoms with Gasteiger partial charge in [-0.2, -0.15) is 11.8 Å². The molecule has 0 bridgehead atoms. The molecule has 0 rings (SSSR count). The van der Waals surface area contributed by atoms with E-state index in [1.54, 1.807) is 11.8 Å². The molecule has 0 aromatic rings. The molecular weight excluding hydrogens is 191 g/mol. The summed E-state index contributed by atoms with van der Waals surface area (Å²) in [6.07, 6.45) is 0. The summed E-state index contributed by atoms with van der Waals surface area (Å²) in [6, 6.07) is 0. The predicted molar refractivity (Wildman–Crippen MR) is 48.8 cm³/mol. The molecule has 60 valence electrons. The average molecular weight is 201 g/mol. The van der Waals surface area contributed by atoms with Gasteiger partial charge in [0, 0.05) is 21.6 Å². The van der Waals surface area contributed by atoms with Crippen LogP contribution in [-0.4, -0.2) is 22.7 Å². The van der Waals surface area contributed by atoms with Crippen molar-refractivity contribution in [2.24, 2.45) is 0 Å². The quantitative estimate of drug-likeness (QED) is 0.753. The molecule has 1 N–H and O–H groups in total. The van der Waals surface area contributed by atoms with Crippen LogP contribution >= 0.6 is 35.0 Å². The van der Waals surface area contributed by atoms with E-state index in [2.05, 4.69) is 0 Å². The largest absolute Gasteiger partial charge is 0.395 e. The van der Waals surface area contributed by atoms with Gasteiger partial charge in [0.1, 0.15) is 0 Å². The highest BCUT2D eigenvalue weighted by molar-refractivity contribution is 8.00. The Morgan fingerprint density at radius 3 is 2.80 bits per heavy atom. The minimum Gasteiger partial charge on any atom is -0.395 e. The van der Waals surface area contributed by atoms with E-state index in [9.17, 15) is 0 Å². The first-order valence-corrected chi connectivity index (χ1v) is 4.74. The monoisotopic (exact) mass is 200 g/mol. The summed E-state index contributed by atoms with van der Waals surface area (Å²) in [6.45, 7) is 2.11. The Kier molecular flexibility index (Phi) is 6.75. The molecule has 0 aliphatic carbocycles. The lowest BCUT2D eigenvalue weighted by Gasteiger charge is -2.04. The molecule has 0 saturated heterocycles. The van der Waals surface area contributed by atoms with Crippen molar-refractivity contribution in [1.82, 2.24) is 0 Å². The van der Waals surface area contributed by atoms with E-state index in [0.717, 1.165) is 0 Å². The second-order valence-corrected chi connectivity index (χ2v) is 3.99. The van der Waals surface area contributed by atoms with Gasteiger partial charge < -0.3 is 5.11 Å². The van der Waals surface area contributed by atoms with Gasteiger partial charge in [0.2, 0.25) is 0 Å². The maximum absolute atomic E-state index is 8.60. The highest BCUT2D eigenvalue weighted by Gasteiger charge is 2.00. The van der Waals surface area contributed by atoms with Crippen LogP contribution in [0.3, 0.4) is 0 Å². The Bertz CT molecular complexity index is 116. The summed E-state index contributed by atoms with van der Waals surface area (Å²) in [7, 11) is 0. The molecule has 0 aliphatic heterocycles. The standard InChI is InChI=1S/C6H10Cl2OS/c1-5(3-9)10-4-6(8)2-7/h2,5,9H,3-4H2,1H3. The second-order valence-electron chi connectivity index (χ2n) is 1.86. The summed E-state index contributed by atoms with van der Waals surface area (Å²) in [5.41, 5.74) is 1.35. The molecule has 0 radical (unpaired) electrons. The lowest BCUT2D eigenvalue weighted by Crippen LogP contribution is -2.02. The van der Waals surface area contributed by atoms with Crippen LogP contribution in [0.5, 0.6) is 0 Å². The Morgan fingerprint density at radius 2 is 2.40 bits per heavy atom. The molecule has 0 fully saturated rings. The molecule has 0 spiro atoms. The third kappa shape index (κ3) is 5.42. The zero-order valence-corrected chi connectivity index (χ0v) is 8.01. The van der Waals surface area contributed by atoms with Crippen molar-refractivity contribution in [1.29, 1.82) is 0 Å². The number of aliphatic hydroxyl groups excluding tert-OH is 1. The number of aliphatic hydroxyl groups is 1. The minimum atomic E-state index is 0.178. The van der Waals surface area contributed by atoms with Gasteiger partial charge in [-0.15, -0.1) is 0 Å². The van der Waals surface area contributed by atoms with Crippen molar-refractivity contribution in [3.8, 4) is 0 Å². The van der Waals surface area contributed by atoms with Gasteiger partial charge in [-0.25, -0.2) is 0 Å². The Balaban J connectivity index is 3.35. The smallest absolute Gasteiger partial charge is 0.0547 e. The van der Waals surface area contributed by atoms with E-state index < -0.39 is 0 Å². The van der Waals surface area contributed by atoms with Crippen LogP contribution in [-0.2, 0) is 0 Å². The first-order chi connectivity index (χ1) is 4.70. The van der Waals surface area contributed by atoms with E-state index in [1.807, 2.05) is 6.92 Å². The van der Waals surface area contributed by atoms with E-state index in [1.165, 1.54) is 5.54 Å². The van der Waals surface area contributed by atoms with Gasteiger partial charge in [0.05, 0.1) is 6.61 Å². The molecule has 1 unspecified atom stereocenters. The third-order valence-corrected chi connectivity index (χ3v) is 2.85. The van der Waals surface area contributed by atoms with Crippen LogP contribution in [0.15, 0.2) is 10.6 Å². The van der Waals surface area contributed by atoms with Gasteiger partial charge in [0.15, 0.2) is 0 Å². The molecule has 4 heteroatoms. The fraction of sp³-hybridized carbons (Fsp3) is 0.667. The van der Waals surface area contributed by atoms with Crippen molar-refractivity contribution < 1.29 is 5.11 Å². The number of halogens is 2. The van der Waals surface area contributed by atoms with Crippen molar-refractivity contribution in [3.05, 3.63) is 10.6 Å². The number of hydrogen-bond acceptors (Lipinski definition) is 2. The highest BCUT2D eigenvalue weighted by Crippen LogP contribution is 2.16. The Labute approximate surface area is 75.4 Å². The fourth-order valence-electron chi connectivity index (χ4n) is 0.306. The van der Waals surface area contributed by atoms with Gasteiger partial charge in [-0.1, -0.05) is 30.1 Å². The summed E-state index contributed by atoms with van der Waals surface area (Å²) in [4.78, 5) is 0. The second kappa shape index (κ2) is 6.35. The van der Waals surface area contributed by atoms with E-state index in [-0.39, 0.29) is 11.9 Å². The molecule has 0 aromatic carbocycles. The summed E-state index contributed by atoms with van der Waals surface area (Å²) >= 11 is 12.5. The van der Waals surface area contributed by atoms with Crippen LogP contribution in [0.2, 0.25) is 0 Å². The number of hydrogen-bond donors (Lipinski definition) is 1. The van der Waals surface area contributed by atoms with Gasteiger partial charge in [-0.3, -0.25) is 0 Å². The molecule has 1 nitrogen and oxygen atoms in total. The molecule has 10 heavy (non-hydrogen) atoms. The van der Waals surface area contributed by atoms with Crippen LogP contribution in [0.25, 0.3) is 0 Å². The molecule has 0 saturated carbocycles. The Morgan fingerprint density at radius 1 is 1.80 bits per heavy atom. The highest BCUT2D eigenvalue weighted by atomic mass is 35.5. The molecule has 0 amide bonds. The van der Waals surface area contributed by atoms with Gasteiger partial charge in [-0.05, 0) is 0 Å². The van der Waals surface area contributed by atoms with Crippen molar-refractivity contribution in [2.75, 3.05) is 12.4 Å². The number of thioether (sulfide) groups is 1. The molecule has 0 heterocycles.